The van der Waals surface area contributed by atoms with Crippen molar-refractivity contribution >= 4 is 0 Å². The predicted molar refractivity (Wildman–Crippen MR) is 68.6 cm³/mol. The fourth-order valence-corrected chi connectivity index (χ4v) is 1.43. The van der Waals surface area contributed by atoms with Gasteiger partial charge in [-0.25, -0.2) is 0 Å². The highest BCUT2D eigenvalue weighted by Crippen LogP contribution is 2.18. The van der Waals surface area contributed by atoms with Gasteiger partial charge in [0.05, 0.1) is 0 Å². The molecule has 0 amide bonds. The molecule has 0 bridgehead atoms. The summed E-state index contributed by atoms with van der Waals surface area (Å²) in [6.07, 6.45) is 14.6. The zero-order valence-electron chi connectivity index (χ0n) is 9.53. The molecule has 0 aromatic carbocycles. The van der Waals surface area contributed by atoms with Gasteiger partial charge in [0.1, 0.15) is 0 Å². The summed E-state index contributed by atoms with van der Waals surface area (Å²) >= 11 is 0. The van der Waals surface area contributed by atoms with E-state index in [-0.39, 0.29) is 0 Å². The molecule has 0 aromatic rings. The molecule has 0 saturated carbocycles. The Bertz CT molecular complexity index is 373. The van der Waals surface area contributed by atoms with Crippen LogP contribution >= 0.6 is 0 Å². The third-order valence-electron chi connectivity index (χ3n) is 2.22. The third-order valence-corrected chi connectivity index (χ3v) is 2.22. The molecule has 0 N–H and O–H groups in total. The molecular formula is C15H18. The molecule has 1 unspecified atom stereocenters. The standard InChI is InChI=1S/C15H18/c1-5-14(11-12(2)3)15-8-6-7-13(4)9-10-15/h5-11,13H,1-2H2,3-4H3/b14-11+. The molecule has 0 aliphatic heterocycles. The molecule has 0 aromatic heterocycles. The van der Waals surface area contributed by atoms with Crippen molar-refractivity contribution in [3.8, 4) is 0 Å². The van der Waals surface area contributed by atoms with Crippen molar-refractivity contribution in [1.29, 1.82) is 0 Å². The number of hydrogen-bond acceptors (Lipinski definition) is 0. The van der Waals surface area contributed by atoms with Crippen LogP contribution in [0.25, 0.3) is 0 Å². The Morgan fingerprint density at radius 2 is 2.13 bits per heavy atom. The van der Waals surface area contributed by atoms with Crippen LogP contribution < -0.4 is 0 Å². The highest BCUT2D eigenvalue weighted by molar-refractivity contribution is 5.50. The van der Waals surface area contributed by atoms with E-state index in [2.05, 4.69) is 50.5 Å². The van der Waals surface area contributed by atoms with Crippen molar-refractivity contribution in [2.45, 2.75) is 13.8 Å². The molecule has 78 valence electrons. The van der Waals surface area contributed by atoms with Crippen LogP contribution in [0.3, 0.4) is 0 Å². The molecule has 0 heteroatoms. The Balaban J connectivity index is 3.01. The molecule has 15 heavy (non-hydrogen) atoms. The van der Waals surface area contributed by atoms with Gasteiger partial charge in [0.25, 0.3) is 0 Å². The maximum atomic E-state index is 3.88. The lowest BCUT2D eigenvalue weighted by Gasteiger charge is -2.02. The Labute approximate surface area is 92.7 Å². The number of hydrogen-bond donors (Lipinski definition) is 0. The first-order chi connectivity index (χ1) is 7.13. The quantitative estimate of drug-likeness (QED) is 0.591. The highest BCUT2D eigenvalue weighted by atomic mass is 14.1. The maximum Gasteiger partial charge on any atom is -0.00754 e. The molecule has 0 fully saturated rings. The Hall–Kier alpha value is -1.56. The van der Waals surface area contributed by atoms with Gasteiger partial charge in [-0.3, -0.25) is 0 Å². The van der Waals surface area contributed by atoms with E-state index in [0.717, 1.165) is 11.1 Å². The molecular weight excluding hydrogens is 180 g/mol. The second-order valence-electron chi connectivity index (χ2n) is 3.88. The van der Waals surface area contributed by atoms with Crippen LogP contribution in [0, 0.1) is 5.92 Å². The average Bonchev–Trinajstić information content (AvgIpc) is 2.39. The second kappa shape index (κ2) is 5.35. The topological polar surface area (TPSA) is 0 Å². The van der Waals surface area contributed by atoms with Crippen LogP contribution in [-0.2, 0) is 0 Å². The van der Waals surface area contributed by atoms with Gasteiger partial charge in [-0.1, -0.05) is 68.2 Å². The van der Waals surface area contributed by atoms with E-state index in [9.17, 15) is 0 Å². The molecule has 1 atom stereocenters. The SMILES string of the molecule is C=C/C(=C\C(=C)C)C1=CC=CC(C)C=C1. The van der Waals surface area contributed by atoms with Crippen LogP contribution in [-0.4, -0.2) is 0 Å². The number of allylic oxidation sites excluding steroid dienone is 10. The summed E-state index contributed by atoms with van der Waals surface area (Å²) in [4.78, 5) is 0. The van der Waals surface area contributed by atoms with Crippen molar-refractivity contribution in [2.24, 2.45) is 5.92 Å². The number of rotatable bonds is 3. The molecule has 0 nitrogen and oxygen atoms in total. The highest BCUT2D eigenvalue weighted by Gasteiger charge is 2.00. The van der Waals surface area contributed by atoms with Crippen molar-refractivity contribution in [1.82, 2.24) is 0 Å². The van der Waals surface area contributed by atoms with E-state index in [1.54, 1.807) is 0 Å². The zero-order valence-corrected chi connectivity index (χ0v) is 9.53. The van der Waals surface area contributed by atoms with Crippen LogP contribution in [0.4, 0.5) is 0 Å². The minimum atomic E-state index is 0.495. The average molecular weight is 198 g/mol. The van der Waals surface area contributed by atoms with Crippen LogP contribution in [0.2, 0.25) is 0 Å². The van der Waals surface area contributed by atoms with Crippen LogP contribution in [0.5, 0.6) is 0 Å². The van der Waals surface area contributed by atoms with Gasteiger partial charge in [0.2, 0.25) is 0 Å². The van der Waals surface area contributed by atoms with Gasteiger partial charge in [-0.15, -0.1) is 0 Å². The fourth-order valence-electron chi connectivity index (χ4n) is 1.43. The lowest BCUT2D eigenvalue weighted by molar-refractivity contribution is 0.942. The molecule has 0 heterocycles. The van der Waals surface area contributed by atoms with Gasteiger partial charge in [-0.2, -0.15) is 0 Å². The molecule has 1 aliphatic carbocycles. The third kappa shape index (κ3) is 3.59. The van der Waals surface area contributed by atoms with Crippen LogP contribution in [0.1, 0.15) is 13.8 Å². The molecule has 1 rings (SSSR count). The van der Waals surface area contributed by atoms with Crippen LogP contribution in [0.15, 0.2) is 72.4 Å². The smallest absolute Gasteiger partial charge is 0.00754 e. The van der Waals surface area contributed by atoms with E-state index < -0.39 is 0 Å². The van der Waals surface area contributed by atoms with Crippen molar-refractivity contribution in [3.63, 3.8) is 0 Å². The minimum absolute atomic E-state index is 0.495. The maximum absolute atomic E-state index is 3.88. The van der Waals surface area contributed by atoms with E-state index >= 15 is 0 Å². The largest absolute Gasteiger partial charge is 0.0984 e. The van der Waals surface area contributed by atoms with Gasteiger partial charge in [0, 0.05) is 0 Å². The predicted octanol–water partition coefficient (Wildman–Crippen LogP) is 4.36. The summed E-state index contributed by atoms with van der Waals surface area (Å²) in [7, 11) is 0. The van der Waals surface area contributed by atoms with E-state index in [4.69, 9.17) is 0 Å². The van der Waals surface area contributed by atoms with Crippen molar-refractivity contribution in [3.05, 3.63) is 72.4 Å². The Kier molecular flexibility index (Phi) is 4.11. The summed E-state index contributed by atoms with van der Waals surface area (Å²) in [5.74, 6) is 0.495. The monoisotopic (exact) mass is 198 g/mol. The summed E-state index contributed by atoms with van der Waals surface area (Å²) in [5, 5.41) is 0. The van der Waals surface area contributed by atoms with E-state index in [1.807, 2.05) is 19.1 Å². The van der Waals surface area contributed by atoms with Gasteiger partial charge >= 0.3 is 0 Å². The van der Waals surface area contributed by atoms with Gasteiger partial charge < -0.3 is 0 Å². The Morgan fingerprint density at radius 3 is 2.73 bits per heavy atom. The van der Waals surface area contributed by atoms with Gasteiger partial charge in [0.15, 0.2) is 0 Å². The second-order valence-corrected chi connectivity index (χ2v) is 3.88. The molecule has 0 saturated heterocycles. The lowest BCUT2D eigenvalue weighted by atomic mass is 10.0. The summed E-state index contributed by atoms with van der Waals surface area (Å²) in [6, 6.07) is 0. The normalized spacial score (nSPS) is 20.8. The zero-order chi connectivity index (χ0) is 11.3. The van der Waals surface area contributed by atoms with E-state index in [1.165, 1.54) is 5.57 Å². The molecule has 0 radical (unpaired) electrons. The van der Waals surface area contributed by atoms with Crippen molar-refractivity contribution in [2.75, 3.05) is 0 Å². The fraction of sp³-hybridized carbons (Fsp3) is 0.200. The first-order valence-electron chi connectivity index (χ1n) is 5.20. The van der Waals surface area contributed by atoms with E-state index in [0.29, 0.717) is 5.92 Å². The van der Waals surface area contributed by atoms with Crippen molar-refractivity contribution < 1.29 is 0 Å². The Morgan fingerprint density at radius 1 is 1.40 bits per heavy atom. The summed E-state index contributed by atoms with van der Waals surface area (Å²) < 4.78 is 0. The summed E-state index contributed by atoms with van der Waals surface area (Å²) in [6.45, 7) is 11.9. The molecule has 1 aliphatic rings. The molecule has 0 spiro atoms. The first-order valence-corrected chi connectivity index (χ1v) is 5.20. The summed E-state index contributed by atoms with van der Waals surface area (Å²) in [5.41, 5.74) is 3.35. The first kappa shape index (κ1) is 11.5. The van der Waals surface area contributed by atoms with Gasteiger partial charge in [-0.05, 0) is 24.0 Å². The minimum Gasteiger partial charge on any atom is -0.0984 e. The lowest BCUT2D eigenvalue weighted by Crippen LogP contribution is -1.84.